The van der Waals surface area contributed by atoms with E-state index in [-0.39, 0.29) is 12.5 Å². The van der Waals surface area contributed by atoms with Gasteiger partial charge in [-0.15, -0.1) is 6.58 Å². The van der Waals surface area contributed by atoms with Crippen molar-refractivity contribution in [3.63, 3.8) is 0 Å². The van der Waals surface area contributed by atoms with Crippen molar-refractivity contribution in [3.8, 4) is 0 Å². The molecule has 0 bridgehead atoms. The number of hydrogen-bond donors (Lipinski definition) is 2. The lowest BCUT2D eigenvalue weighted by Gasteiger charge is -2.42. The topological polar surface area (TPSA) is 69.6 Å². The van der Waals surface area contributed by atoms with Crippen molar-refractivity contribution in [2.24, 2.45) is 0 Å². The Morgan fingerprint density at radius 2 is 2.19 bits per heavy atom. The van der Waals surface area contributed by atoms with Crippen LogP contribution in [0.1, 0.15) is 25.7 Å². The molecule has 0 aliphatic heterocycles. The van der Waals surface area contributed by atoms with E-state index in [1.165, 1.54) is 4.90 Å². The molecule has 1 saturated carbocycles. The maximum atomic E-state index is 11.7. The molecular formula is C11H18N2O3. The average molecular weight is 226 g/mol. The van der Waals surface area contributed by atoms with Gasteiger partial charge in [0.15, 0.2) is 0 Å². The van der Waals surface area contributed by atoms with E-state index in [1.54, 1.807) is 13.1 Å². The summed E-state index contributed by atoms with van der Waals surface area (Å²) in [6.45, 7) is 4.00. The molecule has 2 amide bonds. The van der Waals surface area contributed by atoms with E-state index in [4.69, 9.17) is 5.11 Å². The molecule has 90 valence electrons. The minimum atomic E-state index is -0.869. The normalized spacial score (nSPS) is 17.1. The van der Waals surface area contributed by atoms with Crippen molar-refractivity contribution in [2.45, 2.75) is 31.2 Å². The third-order valence-electron chi connectivity index (χ3n) is 2.92. The second-order valence-corrected chi connectivity index (χ2v) is 4.30. The Morgan fingerprint density at radius 3 is 2.56 bits per heavy atom. The third kappa shape index (κ3) is 2.98. The van der Waals surface area contributed by atoms with E-state index in [2.05, 4.69) is 11.9 Å². The van der Waals surface area contributed by atoms with Crippen molar-refractivity contribution in [1.29, 1.82) is 0 Å². The van der Waals surface area contributed by atoms with Crippen LogP contribution in [0.2, 0.25) is 0 Å². The molecule has 5 nitrogen and oxygen atoms in total. The molecule has 0 aromatic heterocycles. The first-order valence-electron chi connectivity index (χ1n) is 5.35. The van der Waals surface area contributed by atoms with Crippen LogP contribution in [-0.2, 0) is 4.79 Å². The lowest BCUT2D eigenvalue weighted by molar-refractivity contribution is -0.139. The van der Waals surface area contributed by atoms with Gasteiger partial charge in [-0.25, -0.2) is 4.79 Å². The smallest absolute Gasteiger partial charge is 0.317 e. The summed E-state index contributed by atoms with van der Waals surface area (Å²) in [5.41, 5.74) is -0.529. The molecule has 0 saturated heterocycles. The van der Waals surface area contributed by atoms with Gasteiger partial charge in [0.1, 0.15) is 0 Å². The van der Waals surface area contributed by atoms with Crippen LogP contribution in [0.5, 0.6) is 0 Å². The number of rotatable bonds is 5. The third-order valence-corrected chi connectivity index (χ3v) is 2.92. The molecule has 0 radical (unpaired) electrons. The maximum absolute atomic E-state index is 11.7. The Labute approximate surface area is 95.1 Å². The van der Waals surface area contributed by atoms with Crippen LogP contribution in [0, 0.1) is 0 Å². The molecule has 5 heteroatoms. The molecule has 1 aliphatic rings. The Morgan fingerprint density at radius 1 is 1.56 bits per heavy atom. The van der Waals surface area contributed by atoms with E-state index < -0.39 is 11.5 Å². The first-order valence-corrected chi connectivity index (χ1v) is 5.35. The van der Waals surface area contributed by atoms with E-state index in [1.807, 2.05) is 0 Å². The standard InChI is InChI=1S/C11H18N2O3/c1-3-7-13(2)10(16)12-11(5-4-6-11)8-9(14)15/h3H,1,4-8H2,2H3,(H,12,16)(H,14,15). The van der Waals surface area contributed by atoms with Crippen molar-refractivity contribution < 1.29 is 14.7 Å². The number of amides is 2. The van der Waals surface area contributed by atoms with Gasteiger partial charge in [-0.05, 0) is 19.3 Å². The molecule has 0 aromatic rings. The summed E-state index contributed by atoms with van der Waals surface area (Å²) in [4.78, 5) is 23.9. The highest BCUT2D eigenvalue weighted by Gasteiger charge is 2.40. The zero-order valence-corrected chi connectivity index (χ0v) is 9.53. The number of hydrogen-bond acceptors (Lipinski definition) is 2. The van der Waals surface area contributed by atoms with Gasteiger partial charge in [-0.3, -0.25) is 4.79 Å². The Bertz CT molecular complexity index is 298. The molecule has 1 fully saturated rings. The second kappa shape index (κ2) is 5.01. The predicted molar refractivity (Wildman–Crippen MR) is 60.2 cm³/mol. The predicted octanol–water partition coefficient (Wildman–Crippen LogP) is 1.21. The van der Waals surface area contributed by atoms with Crippen molar-refractivity contribution in [3.05, 3.63) is 12.7 Å². The lowest BCUT2D eigenvalue weighted by Crippen LogP contribution is -2.57. The van der Waals surface area contributed by atoms with Crippen molar-refractivity contribution in [1.82, 2.24) is 10.2 Å². The number of carbonyl (C=O) groups is 2. The van der Waals surface area contributed by atoms with Crippen LogP contribution in [0.3, 0.4) is 0 Å². The number of nitrogens with one attached hydrogen (secondary N) is 1. The summed E-state index contributed by atoms with van der Waals surface area (Å²) in [6, 6.07) is -0.235. The fourth-order valence-electron chi connectivity index (χ4n) is 1.84. The number of carboxylic acids is 1. The number of carbonyl (C=O) groups excluding carboxylic acids is 1. The van der Waals surface area contributed by atoms with E-state index in [9.17, 15) is 9.59 Å². The SMILES string of the molecule is C=CCN(C)C(=O)NC1(CC(=O)O)CCC1. The van der Waals surface area contributed by atoms with Gasteiger partial charge in [0.05, 0.1) is 12.0 Å². The Balaban J connectivity index is 2.52. The molecule has 0 spiro atoms. The van der Waals surface area contributed by atoms with Crippen LogP contribution >= 0.6 is 0 Å². The monoisotopic (exact) mass is 226 g/mol. The lowest BCUT2D eigenvalue weighted by atomic mass is 9.74. The molecular weight excluding hydrogens is 208 g/mol. The molecule has 0 aromatic carbocycles. The van der Waals surface area contributed by atoms with Gasteiger partial charge in [-0.2, -0.15) is 0 Å². The fraction of sp³-hybridized carbons (Fsp3) is 0.636. The largest absolute Gasteiger partial charge is 0.481 e. The first-order chi connectivity index (χ1) is 7.49. The summed E-state index contributed by atoms with van der Waals surface area (Å²) in [5, 5.41) is 11.6. The number of aliphatic carboxylic acids is 1. The van der Waals surface area contributed by atoms with Crippen LogP contribution in [0.4, 0.5) is 4.79 Å². The van der Waals surface area contributed by atoms with Gasteiger partial charge < -0.3 is 15.3 Å². The molecule has 0 atom stereocenters. The number of likely N-dealkylation sites (N-methyl/N-ethyl adjacent to an activating group) is 1. The van der Waals surface area contributed by atoms with Gasteiger partial charge in [0, 0.05) is 13.6 Å². The summed E-state index contributed by atoms with van der Waals surface area (Å²) < 4.78 is 0. The van der Waals surface area contributed by atoms with Crippen molar-refractivity contribution in [2.75, 3.05) is 13.6 Å². The van der Waals surface area contributed by atoms with Crippen molar-refractivity contribution >= 4 is 12.0 Å². The number of urea groups is 1. The molecule has 2 N–H and O–H groups in total. The summed E-state index contributed by atoms with van der Waals surface area (Å²) >= 11 is 0. The minimum Gasteiger partial charge on any atom is -0.481 e. The average Bonchev–Trinajstić information content (AvgIpc) is 2.13. The van der Waals surface area contributed by atoms with E-state index in [0.29, 0.717) is 6.54 Å². The zero-order chi connectivity index (χ0) is 12.2. The molecule has 16 heavy (non-hydrogen) atoms. The minimum absolute atomic E-state index is 0.000664. The second-order valence-electron chi connectivity index (χ2n) is 4.30. The molecule has 0 unspecified atom stereocenters. The van der Waals surface area contributed by atoms with Crippen LogP contribution in [-0.4, -0.2) is 41.1 Å². The van der Waals surface area contributed by atoms with Crippen LogP contribution in [0.15, 0.2) is 12.7 Å². The van der Waals surface area contributed by atoms with Gasteiger partial charge >= 0.3 is 12.0 Å². The number of carboxylic acid groups (broad SMARTS) is 1. The molecule has 1 aliphatic carbocycles. The van der Waals surface area contributed by atoms with Gasteiger partial charge in [-0.1, -0.05) is 6.08 Å². The highest BCUT2D eigenvalue weighted by atomic mass is 16.4. The quantitative estimate of drug-likeness (QED) is 0.692. The zero-order valence-electron chi connectivity index (χ0n) is 9.53. The summed E-state index contributed by atoms with van der Waals surface area (Å²) in [7, 11) is 1.66. The fourth-order valence-corrected chi connectivity index (χ4v) is 1.84. The highest BCUT2D eigenvalue weighted by molar-refractivity contribution is 5.77. The highest BCUT2D eigenvalue weighted by Crippen LogP contribution is 2.34. The molecule has 1 rings (SSSR count). The van der Waals surface area contributed by atoms with Gasteiger partial charge in [0.2, 0.25) is 0 Å². The van der Waals surface area contributed by atoms with Crippen LogP contribution < -0.4 is 5.32 Å². The summed E-state index contributed by atoms with van der Waals surface area (Å²) in [5.74, 6) is -0.869. The van der Waals surface area contributed by atoms with Crippen LogP contribution in [0.25, 0.3) is 0 Å². The number of nitrogens with zero attached hydrogens (tertiary/aromatic N) is 1. The van der Waals surface area contributed by atoms with E-state index >= 15 is 0 Å². The van der Waals surface area contributed by atoms with Gasteiger partial charge in [0.25, 0.3) is 0 Å². The first kappa shape index (κ1) is 12.5. The van der Waals surface area contributed by atoms with E-state index in [0.717, 1.165) is 19.3 Å². The summed E-state index contributed by atoms with van der Waals surface area (Å²) in [6.07, 6.45) is 4.09. The molecule has 0 heterocycles. The Kier molecular flexibility index (Phi) is 3.93. The Hall–Kier alpha value is -1.52. The maximum Gasteiger partial charge on any atom is 0.317 e.